The van der Waals surface area contributed by atoms with Gasteiger partial charge in [-0.25, -0.2) is 0 Å². The summed E-state index contributed by atoms with van der Waals surface area (Å²) in [5.41, 5.74) is 19.1. The van der Waals surface area contributed by atoms with Gasteiger partial charge in [0, 0.05) is 21.8 Å². The van der Waals surface area contributed by atoms with Gasteiger partial charge in [-0.05, 0) is 41.8 Å². The number of aromatic nitrogens is 1. The highest BCUT2D eigenvalue weighted by Gasteiger charge is 2.20. The summed E-state index contributed by atoms with van der Waals surface area (Å²) in [5, 5.41) is 3.61. The molecule has 0 aliphatic heterocycles. The second-order valence-corrected chi connectivity index (χ2v) is 9.15. The zero-order valence-electron chi connectivity index (χ0n) is 19.9. The zero-order valence-corrected chi connectivity index (χ0v) is 22.3. The molecule has 0 bridgehead atoms. The fourth-order valence-electron chi connectivity index (χ4n) is 3.50. The fourth-order valence-corrected chi connectivity index (χ4v) is 3.88. The first-order valence-electron chi connectivity index (χ1n) is 11.2. The average Bonchev–Trinajstić information content (AvgIpc) is 3.28. The summed E-state index contributed by atoms with van der Waals surface area (Å²) in [4.78, 5) is 37.8. The lowest BCUT2D eigenvalue weighted by Gasteiger charge is -2.15. The number of halogens is 2. The molecule has 0 fully saturated rings. The van der Waals surface area contributed by atoms with Crippen LogP contribution in [0.25, 0.3) is 10.9 Å². The lowest BCUT2D eigenvalue weighted by Crippen LogP contribution is -2.45. The van der Waals surface area contributed by atoms with Crippen LogP contribution in [0.2, 0.25) is 0 Å². The summed E-state index contributed by atoms with van der Waals surface area (Å²) in [6, 6.07) is 25.1. The minimum Gasteiger partial charge on any atom is -0.368 e. The van der Waals surface area contributed by atoms with Gasteiger partial charge in [-0.15, -0.1) is 12.4 Å². The number of rotatable bonds is 8. The van der Waals surface area contributed by atoms with E-state index in [0.29, 0.717) is 18.5 Å². The third-order valence-corrected chi connectivity index (χ3v) is 5.92. The molecule has 0 unspecified atom stereocenters. The largest absolute Gasteiger partial charge is 0.368 e. The molecule has 0 saturated heterocycles. The number of H-pyrrole nitrogens is 1. The minimum absolute atomic E-state index is 0. The predicted molar refractivity (Wildman–Crippen MR) is 151 cm³/mol. The Bertz CT molecular complexity index is 1330. The van der Waals surface area contributed by atoms with E-state index in [9.17, 15) is 14.4 Å². The Morgan fingerprint density at radius 3 is 1.92 bits per heavy atom. The summed E-state index contributed by atoms with van der Waals surface area (Å²) in [7, 11) is 0. The van der Waals surface area contributed by atoms with Crippen molar-refractivity contribution in [3.63, 3.8) is 0 Å². The Labute approximate surface area is 229 Å². The van der Waals surface area contributed by atoms with E-state index in [0.717, 1.165) is 26.5 Å². The molecule has 1 heterocycles. The van der Waals surface area contributed by atoms with Crippen LogP contribution in [0.5, 0.6) is 0 Å². The second kappa shape index (κ2) is 14.2. The van der Waals surface area contributed by atoms with Crippen molar-refractivity contribution >= 4 is 57.0 Å². The van der Waals surface area contributed by atoms with Crippen LogP contribution in [0.15, 0.2) is 89.4 Å². The van der Waals surface area contributed by atoms with Gasteiger partial charge in [-0.1, -0.05) is 76.6 Å². The highest BCUT2D eigenvalue weighted by atomic mass is 79.9. The van der Waals surface area contributed by atoms with E-state index in [4.69, 9.17) is 17.2 Å². The Morgan fingerprint density at radius 1 is 0.811 bits per heavy atom. The molecule has 2 atom stereocenters. The number of primary amides is 2. The molecule has 0 aliphatic rings. The van der Waals surface area contributed by atoms with Gasteiger partial charge < -0.3 is 27.5 Å². The monoisotopic (exact) mass is 585 g/mol. The molecule has 0 spiro atoms. The van der Waals surface area contributed by atoms with Crippen LogP contribution in [-0.4, -0.2) is 34.8 Å². The first-order chi connectivity index (χ1) is 17.2. The normalized spacial score (nSPS) is 11.8. The van der Waals surface area contributed by atoms with Gasteiger partial charge in [0.25, 0.3) is 5.91 Å². The Kier molecular flexibility index (Phi) is 11.3. The molecule has 1 aromatic heterocycles. The SMILES string of the molecule is Cl.NC(=O)[C@@H](N)Cc1ccccc1.NC(=O)[C@H](Cc1ccccc1)NC(=O)c1cc2cc(Br)ccc2[nH]1. The van der Waals surface area contributed by atoms with Crippen molar-refractivity contribution in [2.75, 3.05) is 0 Å². The summed E-state index contributed by atoms with van der Waals surface area (Å²) < 4.78 is 0.931. The van der Waals surface area contributed by atoms with E-state index in [-0.39, 0.29) is 18.3 Å². The zero-order chi connectivity index (χ0) is 26.1. The molecular formula is C27H29BrClN5O3. The molecule has 194 valence electrons. The molecule has 8 N–H and O–H groups in total. The third-order valence-electron chi connectivity index (χ3n) is 5.42. The molecule has 4 aromatic rings. The summed E-state index contributed by atoms with van der Waals surface area (Å²) >= 11 is 3.40. The van der Waals surface area contributed by atoms with E-state index in [2.05, 4.69) is 26.2 Å². The van der Waals surface area contributed by atoms with Crippen LogP contribution in [0.1, 0.15) is 21.6 Å². The number of fused-ring (bicyclic) bond motifs is 1. The maximum atomic E-state index is 12.4. The van der Waals surface area contributed by atoms with Gasteiger partial charge in [-0.2, -0.15) is 0 Å². The maximum Gasteiger partial charge on any atom is 0.268 e. The number of benzene rings is 3. The van der Waals surface area contributed by atoms with Crippen LogP contribution in [0, 0.1) is 0 Å². The molecule has 37 heavy (non-hydrogen) atoms. The van der Waals surface area contributed by atoms with Crippen LogP contribution >= 0.6 is 28.3 Å². The lowest BCUT2D eigenvalue weighted by atomic mass is 10.1. The van der Waals surface area contributed by atoms with Crippen molar-refractivity contribution < 1.29 is 14.4 Å². The topological polar surface area (TPSA) is 157 Å². The number of amides is 3. The van der Waals surface area contributed by atoms with Crippen molar-refractivity contribution in [1.82, 2.24) is 10.3 Å². The van der Waals surface area contributed by atoms with E-state index in [1.807, 2.05) is 78.9 Å². The van der Waals surface area contributed by atoms with Gasteiger partial charge in [0.2, 0.25) is 11.8 Å². The minimum atomic E-state index is -0.766. The Balaban J connectivity index is 0.000000314. The first kappa shape index (κ1) is 29.6. The van der Waals surface area contributed by atoms with E-state index < -0.39 is 23.9 Å². The smallest absolute Gasteiger partial charge is 0.268 e. The van der Waals surface area contributed by atoms with Crippen molar-refractivity contribution in [2.24, 2.45) is 17.2 Å². The summed E-state index contributed by atoms with van der Waals surface area (Å²) in [6.07, 6.45) is 0.865. The number of hydrogen-bond acceptors (Lipinski definition) is 4. The molecule has 3 aromatic carbocycles. The number of aromatic amines is 1. The third kappa shape index (κ3) is 9.05. The quantitative estimate of drug-likeness (QED) is 0.215. The van der Waals surface area contributed by atoms with Gasteiger partial charge in [0.15, 0.2) is 0 Å². The molecule has 10 heteroatoms. The maximum absolute atomic E-state index is 12.4. The van der Waals surface area contributed by atoms with E-state index in [1.54, 1.807) is 6.07 Å². The second-order valence-electron chi connectivity index (χ2n) is 8.23. The number of carbonyl (C=O) groups is 3. The molecule has 0 radical (unpaired) electrons. The molecule has 3 amide bonds. The summed E-state index contributed by atoms with van der Waals surface area (Å²) in [5.74, 6) is -1.38. The van der Waals surface area contributed by atoms with Crippen LogP contribution in [-0.2, 0) is 22.4 Å². The van der Waals surface area contributed by atoms with Crippen LogP contribution in [0.4, 0.5) is 0 Å². The number of carbonyl (C=O) groups excluding carboxylic acids is 3. The van der Waals surface area contributed by atoms with Crippen LogP contribution < -0.4 is 22.5 Å². The highest BCUT2D eigenvalue weighted by molar-refractivity contribution is 9.10. The van der Waals surface area contributed by atoms with Crippen molar-refractivity contribution in [3.05, 3.63) is 106 Å². The molecule has 0 saturated carbocycles. The van der Waals surface area contributed by atoms with Crippen molar-refractivity contribution in [2.45, 2.75) is 24.9 Å². The van der Waals surface area contributed by atoms with Gasteiger partial charge in [0.05, 0.1) is 6.04 Å². The summed E-state index contributed by atoms with van der Waals surface area (Å²) in [6.45, 7) is 0. The molecular weight excluding hydrogens is 558 g/mol. The van der Waals surface area contributed by atoms with Crippen molar-refractivity contribution in [1.29, 1.82) is 0 Å². The van der Waals surface area contributed by atoms with E-state index in [1.165, 1.54) is 0 Å². The molecule has 0 aliphatic carbocycles. The standard InChI is InChI=1S/C18H16BrN3O2.C9H12N2O.ClH/c19-13-6-7-14-12(9-13)10-16(21-14)18(24)22-15(17(20)23)8-11-4-2-1-3-5-11;10-8(9(11)12)6-7-4-2-1-3-5-7;/h1-7,9-10,15,21H,8H2,(H2,20,23)(H,22,24);1-5,8H,6,10H2,(H2,11,12);1H/t15-;8-;/m00./s1. The predicted octanol–water partition coefficient (Wildman–Crippen LogP) is 3.22. The van der Waals surface area contributed by atoms with Gasteiger partial charge in [0.1, 0.15) is 11.7 Å². The Morgan fingerprint density at radius 2 is 1.38 bits per heavy atom. The molecule has 4 rings (SSSR count). The number of nitrogens with two attached hydrogens (primary N) is 3. The van der Waals surface area contributed by atoms with Gasteiger partial charge >= 0.3 is 0 Å². The highest BCUT2D eigenvalue weighted by Crippen LogP contribution is 2.20. The molecule has 8 nitrogen and oxygen atoms in total. The average molecular weight is 587 g/mol. The Hall–Kier alpha value is -3.66. The van der Waals surface area contributed by atoms with Crippen molar-refractivity contribution in [3.8, 4) is 0 Å². The fraction of sp³-hybridized carbons (Fsp3) is 0.148. The van der Waals surface area contributed by atoms with Crippen LogP contribution in [0.3, 0.4) is 0 Å². The first-order valence-corrected chi connectivity index (χ1v) is 12.0. The number of hydrogen-bond donors (Lipinski definition) is 5. The lowest BCUT2D eigenvalue weighted by molar-refractivity contribution is -0.120. The van der Waals surface area contributed by atoms with E-state index >= 15 is 0 Å². The van der Waals surface area contributed by atoms with Gasteiger partial charge in [-0.3, -0.25) is 14.4 Å². The number of nitrogens with one attached hydrogen (secondary N) is 2.